The van der Waals surface area contributed by atoms with E-state index in [4.69, 9.17) is 10.00 Å². The summed E-state index contributed by atoms with van der Waals surface area (Å²) in [5, 5.41) is 17.6. The van der Waals surface area contributed by atoms with Gasteiger partial charge in [-0.25, -0.2) is 15.0 Å². The molecule has 2 aromatic heterocycles. The van der Waals surface area contributed by atoms with Crippen molar-refractivity contribution in [3.8, 4) is 6.07 Å². The van der Waals surface area contributed by atoms with Crippen LogP contribution >= 0.6 is 0 Å². The van der Waals surface area contributed by atoms with Crippen LogP contribution in [0.25, 0.3) is 10.8 Å². The second kappa shape index (κ2) is 8.61. The van der Waals surface area contributed by atoms with Crippen LogP contribution in [0.1, 0.15) is 5.69 Å². The summed E-state index contributed by atoms with van der Waals surface area (Å²) in [4.78, 5) is 15.1. The van der Waals surface area contributed by atoms with Crippen LogP contribution in [0.15, 0.2) is 42.9 Å². The molecule has 1 aliphatic heterocycles. The zero-order chi connectivity index (χ0) is 19.2. The third-order valence-corrected chi connectivity index (χ3v) is 4.63. The number of fused-ring (bicyclic) bond motifs is 1. The van der Waals surface area contributed by atoms with Gasteiger partial charge >= 0.3 is 0 Å². The van der Waals surface area contributed by atoms with Gasteiger partial charge in [0.2, 0.25) is 0 Å². The lowest BCUT2D eigenvalue weighted by Gasteiger charge is -2.26. The Hall–Kier alpha value is -3.28. The standard InChI is InChI=1S/C20H21N7O/c21-11-16-12-24-20(14-23-16)26-19-10-15-2-1-3-18(17(15)13-25-19)22-4-5-27-6-8-28-9-7-27/h1-3,10,12-14,22H,4-9H2,(H,24,25,26). The quantitative estimate of drug-likeness (QED) is 0.678. The fourth-order valence-corrected chi connectivity index (χ4v) is 3.15. The highest BCUT2D eigenvalue weighted by Crippen LogP contribution is 2.25. The Morgan fingerprint density at radius 1 is 1.07 bits per heavy atom. The average molecular weight is 375 g/mol. The number of anilines is 3. The molecule has 8 heteroatoms. The molecule has 4 rings (SSSR count). The molecule has 28 heavy (non-hydrogen) atoms. The van der Waals surface area contributed by atoms with Crippen LogP contribution in [0.3, 0.4) is 0 Å². The number of hydrogen-bond acceptors (Lipinski definition) is 8. The van der Waals surface area contributed by atoms with Crippen LogP contribution in [0, 0.1) is 11.3 Å². The van der Waals surface area contributed by atoms with Crippen molar-refractivity contribution < 1.29 is 4.74 Å². The van der Waals surface area contributed by atoms with E-state index < -0.39 is 0 Å². The van der Waals surface area contributed by atoms with Gasteiger partial charge in [0.15, 0.2) is 5.69 Å². The number of nitrogens with zero attached hydrogens (tertiary/aromatic N) is 5. The van der Waals surface area contributed by atoms with Crippen LogP contribution in [0.4, 0.5) is 17.3 Å². The molecule has 1 fully saturated rings. The summed E-state index contributed by atoms with van der Waals surface area (Å²) in [7, 11) is 0. The number of nitrogens with one attached hydrogen (secondary N) is 2. The number of morpholine rings is 1. The Bertz CT molecular complexity index is 978. The van der Waals surface area contributed by atoms with Gasteiger partial charge in [0.05, 0.1) is 25.6 Å². The number of nitriles is 1. The van der Waals surface area contributed by atoms with Crippen molar-refractivity contribution >= 4 is 28.1 Å². The first kappa shape index (κ1) is 18.1. The van der Waals surface area contributed by atoms with E-state index in [2.05, 4.69) is 42.6 Å². The minimum Gasteiger partial charge on any atom is -0.383 e. The van der Waals surface area contributed by atoms with Gasteiger partial charge in [-0.2, -0.15) is 5.26 Å². The zero-order valence-corrected chi connectivity index (χ0v) is 15.4. The molecular formula is C20H21N7O. The van der Waals surface area contributed by atoms with Gasteiger partial charge in [-0.05, 0) is 17.5 Å². The van der Waals surface area contributed by atoms with E-state index in [9.17, 15) is 0 Å². The van der Waals surface area contributed by atoms with Crippen molar-refractivity contribution in [1.82, 2.24) is 19.9 Å². The van der Waals surface area contributed by atoms with E-state index in [-0.39, 0.29) is 5.69 Å². The monoisotopic (exact) mass is 375 g/mol. The normalized spacial score (nSPS) is 14.5. The topological polar surface area (TPSA) is 99.0 Å². The summed E-state index contributed by atoms with van der Waals surface area (Å²) in [6.45, 7) is 5.48. The summed E-state index contributed by atoms with van der Waals surface area (Å²) in [5.74, 6) is 1.22. The number of hydrogen-bond donors (Lipinski definition) is 2. The molecule has 0 bridgehead atoms. The largest absolute Gasteiger partial charge is 0.383 e. The van der Waals surface area contributed by atoms with Crippen LogP contribution in [0.2, 0.25) is 0 Å². The third-order valence-electron chi connectivity index (χ3n) is 4.63. The van der Waals surface area contributed by atoms with Gasteiger partial charge in [-0.3, -0.25) is 4.90 Å². The lowest BCUT2D eigenvalue weighted by molar-refractivity contribution is 0.0398. The van der Waals surface area contributed by atoms with Crippen LogP contribution < -0.4 is 10.6 Å². The highest BCUT2D eigenvalue weighted by molar-refractivity contribution is 5.94. The first-order valence-electron chi connectivity index (χ1n) is 9.24. The number of benzene rings is 1. The van der Waals surface area contributed by atoms with Gasteiger partial charge in [-0.1, -0.05) is 12.1 Å². The number of aromatic nitrogens is 3. The summed E-state index contributed by atoms with van der Waals surface area (Å²) in [5.41, 5.74) is 1.35. The first-order valence-corrected chi connectivity index (χ1v) is 9.24. The lowest BCUT2D eigenvalue weighted by atomic mass is 10.1. The summed E-state index contributed by atoms with van der Waals surface area (Å²) in [6, 6.07) is 10.1. The Labute approximate surface area is 163 Å². The first-order chi connectivity index (χ1) is 13.8. The molecule has 0 amide bonds. The molecule has 1 aliphatic rings. The smallest absolute Gasteiger partial charge is 0.158 e. The fourth-order valence-electron chi connectivity index (χ4n) is 3.15. The predicted molar refractivity (Wildman–Crippen MR) is 108 cm³/mol. The Morgan fingerprint density at radius 2 is 1.93 bits per heavy atom. The maximum absolute atomic E-state index is 8.80. The van der Waals surface area contributed by atoms with E-state index in [1.807, 2.05) is 24.4 Å². The minimum atomic E-state index is 0.282. The van der Waals surface area contributed by atoms with E-state index >= 15 is 0 Å². The summed E-state index contributed by atoms with van der Waals surface area (Å²) in [6.07, 6.45) is 4.81. The van der Waals surface area contributed by atoms with Crippen LogP contribution in [-0.2, 0) is 4.74 Å². The van der Waals surface area contributed by atoms with Crippen molar-refractivity contribution in [3.63, 3.8) is 0 Å². The summed E-state index contributed by atoms with van der Waals surface area (Å²) < 4.78 is 5.39. The molecule has 1 aromatic carbocycles. The van der Waals surface area contributed by atoms with E-state index in [0.717, 1.165) is 55.9 Å². The molecule has 1 saturated heterocycles. The molecule has 3 aromatic rings. The molecule has 0 radical (unpaired) electrons. The minimum absolute atomic E-state index is 0.282. The van der Waals surface area contributed by atoms with Gasteiger partial charge in [0.25, 0.3) is 0 Å². The van der Waals surface area contributed by atoms with Gasteiger partial charge < -0.3 is 15.4 Å². The maximum atomic E-state index is 8.80. The number of ether oxygens (including phenoxy) is 1. The second-order valence-electron chi connectivity index (χ2n) is 6.50. The molecule has 142 valence electrons. The van der Waals surface area contributed by atoms with Gasteiger partial charge in [-0.15, -0.1) is 0 Å². The maximum Gasteiger partial charge on any atom is 0.158 e. The SMILES string of the molecule is N#Cc1cnc(Nc2cc3cccc(NCCN4CCOCC4)c3cn2)cn1. The average Bonchev–Trinajstić information content (AvgIpc) is 2.75. The highest BCUT2D eigenvalue weighted by Gasteiger charge is 2.10. The van der Waals surface area contributed by atoms with Crippen molar-refractivity contribution in [3.05, 3.63) is 48.5 Å². The molecule has 0 unspecified atom stereocenters. The van der Waals surface area contributed by atoms with Gasteiger partial charge in [0.1, 0.15) is 17.7 Å². The molecule has 2 N–H and O–H groups in total. The van der Waals surface area contributed by atoms with Crippen molar-refractivity contribution in [2.45, 2.75) is 0 Å². The predicted octanol–water partition coefficient (Wildman–Crippen LogP) is 2.38. The second-order valence-corrected chi connectivity index (χ2v) is 6.50. The molecular weight excluding hydrogens is 354 g/mol. The van der Waals surface area contributed by atoms with E-state index in [1.54, 1.807) is 0 Å². The molecule has 8 nitrogen and oxygen atoms in total. The molecule has 0 aliphatic carbocycles. The molecule has 0 saturated carbocycles. The Kier molecular flexibility index (Phi) is 5.56. The molecule has 0 spiro atoms. The van der Waals surface area contributed by atoms with Crippen LogP contribution in [0.5, 0.6) is 0 Å². The van der Waals surface area contributed by atoms with Crippen molar-refractivity contribution in [2.24, 2.45) is 0 Å². The van der Waals surface area contributed by atoms with Crippen molar-refractivity contribution in [1.29, 1.82) is 5.26 Å². The highest BCUT2D eigenvalue weighted by atomic mass is 16.5. The van der Waals surface area contributed by atoms with E-state index in [0.29, 0.717) is 11.6 Å². The van der Waals surface area contributed by atoms with Crippen molar-refractivity contribution in [2.75, 3.05) is 50.0 Å². The third kappa shape index (κ3) is 4.34. The number of pyridine rings is 1. The molecule has 3 heterocycles. The zero-order valence-electron chi connectivity index (χ0n) is 15.4. The summed E-state index contributed by atoms with van der Waals surface area (Å²) >= 11 is 0. The Morgan fingerprint density at radius 3 is 2.71 bits per heavy atom. The lowest BCUT2D eigenvalue weighted by Crippen LogP contribution is -2.39. The fraction of sp³-hybridized carbons (Fsp3) is 0.300. The number of rotatable bonds is 6. The molecule has 0 atom stereocenters. The Balaban J connectivity index is 1.43. The van der Waals surface area contributed by atoms with Gasteiger partial charge in [0, 0.05) is 43.4 Å². The van der Waals surface area contributed by atoms with E-state index in [1.165, 1.54) is 12.4 Å². The van der Waals surface area contributed by atoms with Crippen LogP contribution in [-0.4, -0.2) is 59.2 Å².